The largest absolute Gasteiger partial charge is 0.372 e. The zero-order valence-corrected chi connectivity index (χ0v) is 11.1. The lowest BCUT2D eigenvalue weighted by atomic mass is 9.97. The van der Waals surface area contributed by atoms with Crippen LogP contribution in [0.4, 0.5) is 8.78 Å². The van der Waals surface area contributed by atoms with Crippen molar-refractivity contribution in [3.63, 3.8) is 0 Å². The van der Waals surface area contributed by atoms with E-state index in [2.05, 4.69) is 0 Å². The lowest BCUT2D eigenvalue weighted by molar-refractivity contribution is 0.133. The number of fused-ring (bicyclic) bond motifs is 2. The maximum atomic E-state index is 14.0. The highest BCUT2D eigenvalue weighted by Gasteiger charge is 2.26. The van der Waals surface area contributed by atoms with Crippen molar-refractivity contribution in [2.24, 2.45) is 0 Å². The number of thioether (sulfide) groups is 1. The van der Waals surface area contributed by atoms with Crippen molar-refractivity contribution in [1.82, 2.24) is 0 Å². The molecule has 1 aliphatic rings. The molecular formula is C15H12F2OS. The summed E-state index contributed by atoms with van der Waals surface area (Å²) in [5.74, 6) is -1.16. The molecule has 2 aromatic carbocycles. The van der Waals surface area contributed by atoms with Gasteiger partial charge < -0.3 is 4.74 Å². The van der Waals surface area contributed by atoms with Crippen LogP contribution in [0.3, 0.4) is 0 Å². The van der Waals surface area contributed by atoms with Gasteiger partial charge in [-0.2, -0.15) is 0 Å². The summed E-state index contributed by atoms with van der Waals surface area (Å²) in [5.41, 5.74) is 2.10. The quantitative estimate of drug-likeness (QED) is 0.769. The third-order valence-electron chi connectivity index (χ3n) is 3.32. The molecule has 2 aromatic rings. The Labute approximate surface area is 114 Å². The smallest absolute Gasteiger partial charge is 0.163 e. The number of methoxy groups -OCH3 is 1. The van der Waals surface area contributed by atoms with Crippen molar-refractivity contribution in [3.05, 3.63) is 64.7 Å². The number of benzene rings is 2. The first kappa shape index (κ1) is 12.6. The minimum absolute atomic E-state index is 0.351. The summed E-state index contributed by atoms with van der Waals surface area (Å²) in [6, 6.07) is 10.6. The summed E-state index contributed by atoms with van der Waals surface area (Å²) in [7, 11) is 1.59. The molecule has 0 fully saturated rings. The molecule has 0 amide bonds. The van der Waals surface area contributed by atoms with Crippen LogP contribution in [0.2, 0.25) is 0 Å². The maximum Gasteiger partial charge on any atom is 0.163 e. The first-order chi connectivity index (χ1) is 9.22. The van der Waals surface area contributed by atoms with Gasteiger partial charge in [0.05, 0.1) is 0 Å². The number of rotatable bonds is 1. The molecule has 1 atom stereocenters. The molecule has 1 heterocycles. The van der Waals surface area contributed by atoms with Crippen LogP contribution in [0.1, 0.15) is 22.8 Å². The molecule has 0 spiro atoms. The Bertz CT molecular complexity index is 628. The van der Waals surface area contributed by atoms with Crippen LogP contribution >= 0.6 is 11.8 Å². The third-order valence-corrected chi connectivity index (χ3v) is 4.44. The Kier molecular flexibility index (Phi) is 3.29. The van der Waals surface area contributed by atoms with E-state index >= 15 is 0 Å². The van der Waals surface area contributed by atoms with E-state index in [-0.39, 0.29) is 6.10 Å². The number of halogens is 2. The second-order valence-electron chi connectivity index (χ2n) is 4.37. The predicted molar refractivity (Wildman–Crippen MR) is 71.2 cm³/mol. The fraction of sp³-hybridized carbons (Fsp3) is 0.200. The molecule has 4 heteroatoms. The highest BCUT2D eigenvalue weighted by molar-refractivity contribution is 7.98. The summed E-state index contributed by atoms with van der Waals surface area (Å²) < 4.78 is 32.8. The van der Waals surface area contributed by atoms with Crippen LogP contribution in [-0.2, 0) is 10.5 Å². The number of hydrogen-bond acceptors (Lipinski definition) is 2. The van der Waals surface area contributed by atoms with Crippen LogP contribution in [0.25, 0.3) is 0 Å². The van der Waals surface area contributed by atoms with Gasteiger partial charge in [-0.25, -0.2) is 8.78 Å². The summed E-state index contributed by atoms with van der Waals surface area (Å²) >= 11 is 1.51. The Morgan fingerprint density at radius 1 is 1.11 bits per heavy atom. The molecule has 0 saturated heterocycles. The number of hydrogen-bond donors (Lipinski definition) is 0. The Morgan fingerprint density at radius 2 is 1.89 bits per heavy atom. The van der Waals surface area contributed by atoms with E-state index in [1.165, 1.54) is 17.8 Å². The van der Waals surface area contributed by atoms with Crippen molar-refractivity contribution in [2.75, 3.05) is 7.11 Å². The Balaban J connectivity index is 2.22. The van der Waals surface area contributed by atoms with Gasteiger partial charge in [0.2, 0.25) is 0 Å². The van der Waals surface area contributed by atoms with Crippen molar-refractivity contribution in [3.8, 4) is 0 Å². The molecule has 0 aliphatic carbocycles. The summed E-state index contributed by atoms with van der Waals surface area (Å²) in [6.07, 6.45) is -0.351. The molecular weight excluding hydrogens is 266 g/mol. The molecule has 0 N–H and O–H groups in total. The fourth-order valence-electron chi connectivity index (χ4n) is 2.40. The molecule has 1 unspecified atom stereocenters. The van der Waals surface area contributed by atoms with Crippen LogP contribution in [0.5, 0.6) is 0 Å². The Morgan fingerprint density at radius 3 is 2.68 bits per heavy atom. The topological polar surface area (TPSA) is 9.23 Å². The fourth-order valence-corrected chi connectivity index (χ4v) is 3.51. The minimum atomic E-state index is -0.805. The standard InChI is InChI=1S/C15H12F2OS/c1-18-15-9-6-7-12(16)14(17)11(9)8-19-13-5-3-2-4-10(13)15/h2-7,15H,8H2,1H3. The van der Waals surface area contributed by atoms with E-state index in [4.69, 9.17) is 4.74 Å². The molecule has 0 bridgehead atoms. The van der Waals surface area contributed by atoms with Crippen LogP contribution in [-0.4, -0.2) is 7.11 Å². The van der Waals surface area contributed by atoms with E-state index in [0.29, 0.717) is 16.9 Å². The minimum Gasteiger partial charge on any atom is -0.372 e. The van der Waals surface area contributed by atoms with Gasteiger partial charge >= 0.3 is 0 Å². The summed E-state index contributed by atoms with van der Waals surface area (Å²) in [6.45, 7) is 0. The van der Waals surface area contributed by atoms with E-state index in [9.17, 15) is 8.78 Å². The van der Waals surface area contributed by atoms with Gasteiger partial charge in [-0.3, -0.25) is 0 Å². The van der Waals surface area contributed by atoms with Gasteiger partial charge in [0, 0.05) is 23.3 Å². The average molecular weight is 278 g/mol. The lowest BCUT2D eigenvalue weighted by Gasteiger charge is -2.18. The molecule has 3 rings (SSSR count). The monoisotopic (exact) mass is 278 g/mol. The summed E-state index contributed by atoms with van der Waals surface area (Å²) in [4.78, 5) is 1.05. The zero-order chi connectivity index (χ0) is 13.4. The Hall–Kier alpha value is -1.39. The zero-order valence-electron chi connectivity index (χ0n) is 10.3. The van der Waals surface area contributed by atoms with Crippen LogP contribution < -0.4 is 0 Å². The molecule has 1 aliphatic heterocycles. The molecule has 1 nitrogen and oxygen atoms in total. The van der Waals surface area contributed by atoms with E-state index < -0.39 is 11.6 Å². The van der Waals surface area contributed by atoms with Crippen LogP contribution in [0.15, 0.2) is 41.3 Å². The van der Waals surface area contributed by atoms with Crippen molar-refractivity contribution in [2.45, 2.75) is 16.8 Å². The van der Waals surface area contributed by atoms with E-state index in [0.717, 1.165) is 10.5 Å². The molecule has 19 heavy (non-hydrogen) atoms. The van der Waals surface area contributed by atoms with Gasteiger partial charge in [-0.1, -0.05) is 24.3 Å². The molecule has 0 radical (unpaired) electrons. The number of ether oxygens (including phenoxy) is 1. The normalized spacial score (nSPS) is 17.5. The van der Waals surface area contributed by atoms with Crippen molar-refractivity contribution >= 4 is 11.8 Å². The molecule has 0 saturated carbocycles. The second-order valence-corrected chi connectivity index (χ2v) is 5.39. The first-order valence-electron chi connectivity index (χ1n) is 5.93. The van der Waals surface area contributed by atoms with Crippen molar-refractivity contribution < 1.29 is 13.5 Å². The van der Waals surface area contributed by atoms with Gasteiger partial charge in [-0.05, 0) is 23.3 Å². The van der Waals surface area contributed by atoms with Crippen LogP contribution in [0, 0.1) is 11.6 Å². The van der Waals surface area contributed by atoms with Gasteiger partial charge in [0.15, 0.2) is 11.6 Å². The second kappa shape index (κ2) is 4.94. The average Bonchev–Trinajstić information content (AvgIpc) is 2.59. The van der Waals surface area contributed by atoms with E-state index in [1.807, 2.05) is 24.3 Å². The van der Waals surface area contributed by atoms with Gasteiger partial charge in [-0.15, -0.1) is 11.8 Å². The summed E-state index contributed by atoms with van der Waals surface area (Å²) in [5, 5.41) is 0. The van der Waals surface area contributed by atoms with Gasteiger partial charge in [0.1, 0.15) is 6.10 Å². The highest BCUT2D eigenvalue weighted by atomic mass is 32.2. The molecule has 98 valence electrons. The predicted octanol–water partition coefficient (Wildman–Crippen LogP) is 4.31. The first-order valence-corrected chi connectivity index (χ1v) is 6.92. The molecule has 0 aromatic heterocycles. The SMILES string of the molecule is COC1c2ccccc2SCc2c1ccc(F)c2F. The van der Waals surface area contributed by atoms with Gasteiger partial charge in [0.25, 0.3) is 0 Å². The maximum absolute atomic E-state index is 14.0. The highest BCUT2D eigenvalue weighted by Crippen LogP contribution is 2.41. The van der Waals surface area contributed by atoms with E-state index in [1.54, 1.807) is 13.2 Å². The third kappa shape index (κ3) is 2.05. The lowest BCUT2D eigenvalue weighted by Crippen LogP contribution is -2.07. The van der Waals surface area contributed by atoms with Crippen molar-refractivity contribution in [1.29, 1.82) is 0 Å².